The molecule has 1 heterocycles. The summed E-state index contributed by atoms with van der Waals surface area (Å²) in [5.74, 6) is 1.80. The Hall–Kier alpha value is -1.61. The molecule has 1 aliphatic rings. The highest BCUT2D eigenvalue weighted by Crippen LogP contribution is 2.28. The van der Waals surface area contributed by atoms with E-state index < -0.39 is 0 Å². The van der Waals surface area contributed by atoms with Crippen LogP contribution < -0.4 is 5.32 Å². The van der Waals surface area contributed by atoms with Crippen LogP contribution in [0.25, 0.3) is 11.4 Å². The zero-order valence-electron chi connectivity index (χ0n) is 12.3. The number of nitrogens with one attached hydrogen (secondary N) is 1. The van der Waals surface area contributed by atoms with Crippen LogP contribution in [0.1, 0.15) is 37.4 Å². The Morgan fingerprint density at radius 2 is 1.81 bits per heavy atom. The number of nitrogens with zero attached hydrogens (tertiary/aromatic N) is 2. The van der Waals surface area contributed by atoms with Crippen molar-refractivity contribution in [1.29, 1.82) is 0 Å². The summed E-state index contributed by atoms with van der Waals surface area (Å²) in [6, 6.07) is 7.74. The summed E-state index contributed by atoms with van der Waals surface area (Å²) in [7, 11) is 0. The lowest BCUT2D eigenvalue weighted by atomic mass is 10.1. The summed E-state index contributed by atoms with van der Waals surface area (Å²) in [4.78, 5) is 9.57. The van der Waals surface area contributed by atoms with E-state index in [0.29, 0.717) is 0 Å². The molecule has 0 spiro atoms. The Labute approximate surface area is 130 Å². The number of anilines is 1. The van der Waals surface area contributed by atoms with Gasteiger partial charge >= 0.3 is 0 Å². The molecule has 0 radical (unpaired) electrons. The van der Waals surface area contributed by atoms with E-state index in [-0.39, 0.29) is 0 Å². The largest absolute Gasteiger partial charge is 0.370 e. The van der Waals surface area contributed by atoms with Gasteiger partial charge in [0.1, 0.15) is 5.82 Å². The predicted octanol–water partition coefficient (Wildman–Crippen LogP) is 4.50. The van der Waals surface area contributed by atoms with Gasteiger partial charge in [-0.15, -0.1) is 0 Å². The standard InChI is InChI=1S/C17H20ClN3/c1-2-19-17-14-6-4-3-5-7-15(14)20-16(21-17)12-8-10-13(18)11-9-12/h8-11H,2-7H2,1H3,(H,19,20,21). The quantitative estimate of drug-likeness (QED) is 0.848. The van der Waals surface area contributed by atoms with E-state index in [1.165, 1.54) is 30.5 Å². The molecule has 4 heteroatoms. The minimum absolute atomic E-state index is 0.736. The number of hydrogen-bond acceptors (Lipinski definition) is 3. The average Bonchev–Trinajstić information content (AvgIpc) is 2.73. The van der Waals surface area contributed by atoms with Crippen molar-refractivity contribution in [3.05, 3.63) is 40.5 Å². The highest BCUT2D eigenvalue weighted by Gasteiger charge is 2.17. The highest BCUT2D eigenvalue weighted by atomic mass is 35.5. The molecule has 0 unspecified atom stereocenters. The molecule has 1 N–H and O–H groups in total. The molecule has 2 aromatic rings. The molecule has 0 fully saturated rings. The lowest BCUT2D eigenvalue weighted by molar-refractivity contribution is 0.709. The first-order valence-corrected chi connectivity index (χ1v) is 8.05. The molecule has 0 saturated carbocycles. The van der Waals surface area contributed by atoms with Crippen LogP contribution in [0.3, 0.4) is 0 Å². The first-order valence-electron chi connectivity index (χ1n) is 7.67. The van der Waals surface area contributed by atoms with Crippen molar-refractivity contribution >= 4 is 17.4 Å². The minimum atomic E-state index is 0.736. The third-order valence-corrected chi connectivity index (χ3v) is 4.13. The van der Waals surface area contributed by atoms with Crippen molar-refractivity contribution in [3.63, 3.8) is 0 Å². The normalized spacial score (nSPS) is 14.4. The van der Waals surface area contributed by atoms with Crippen LogP contribution in [0.5, 0.6) is 0 Å². The maximum absolute atomic E-state index is 5.96. The second-order valence-corrected chi connectivity index (χ2v) is 5.86. The summed E-state index contributed by atoms with van der Waals surface area (Å²) < 4.78 is 0. The van der Waals surface area contributed by atoms with Crippen molar-refractivity contribution in [2.45, 2.75) is 39.0 Å². The van der Waals surface area contributed by atoms with Crippen molar-refractivity contribution in [1.82, 2.24) is 9.97 Å². The molecular formula is C17H20ClN3. The smallest absolute Gasteiger partial charge is 0.161 e. The van der Waals surface area contributed by atoms with Crippen molar-refractivity contribution < 1.29 is 0 Å². The zero-order valence-corrected chi connectivity index (χ0v) is 13.1. The zero-order chi connectivity index (χ0) is 14.7. The third kappa shape index (κ3) is 3.18. The number of rotatable bonds is 3. The second-order valence-electron chi connectivity index (χ2n) is 5.42. The predicted molar refractivity (Wildman–Crippen MR) is 87.9 cm³/mol. The molecule has 0 amide bonds. The number of benzene rings is 1. The molecule has 1 aliphatic carbocycles. The van der Waals surface area contributed by atoms with E-state index in [2.05, 4.69) is 12.2 Å². The van der Waals surface area contributed by atoms with Crippen LogP contribution in [0.4, 0.5) is 5.82 Å². The Balaban J connectivity index is 2.07. The maximum atomic E-state index is 5.96. The summed E-state index contributed by atoms with van der Waals surface area (Å²) in [6.45, 7) is 2.98. The van der Waals surface area contributed by atoms with E-state index in [0.717, 1.165) is 41.6 Å². The molecule has 110 valence electrons. The van der Waals surface area contributed by atoms with Gasteiger partial charge in [-0.1, -0.05) is 18.0 Å². The van der Waals surface area contributed by atoms with Crippen molar-refractivity contribution in [2.24, 2.45) is 0 Å². The second kappa shape index (κ2) is 6.44. The van der Waals surface area contributed by atoms with Crippen LogP contribution in [0.2, 0.25) is 5.02 Å². The number of halogens is 1. The molecule has 0 bridgehead atoms. The van der Waals surface area contributed by atoms with Gasteiger partial charge in [-0.25, -0.2) is 9.97 Å². The van der Waals surface area contributed by atoms with E-state index in [1.54, 1.807) is 0 Å². The van der Waals surface area contributed by atoms with Gasteiger partial charge in [-0.2, -0.15) is 0 Å². The number of fused-ring (bicyclic) bond motifs is 1. The van der Waals surface area contributed by atoms with Gasteiger partial charge in [0.05, 0.1) is 0 Å². The molecule has 21 heavy (non-hydrogen) atoms. The fraction of sp³-hybridized carbons (Fsp3) is 0.412. The van der Waals surface area contributed by atoms with Gasteiger partial charge in [-0.05, 0) is 56.9 Å². The SMILES string of the molecule is CCNc1nc(-c2ccc(Cl)cc2)nc2c1CCCCC2. The topological polar surface area (TPSA) is 37.8 Å². The Kier molecular flexibility index (Phi) is 4.39. The van der Waals surface area contributed by atoms with Crippen molar-refractivity contribution in [3.8, 4) is 11.4 Å². The maximum Gasteiger partial charge on any atom is 0.161 e. The fourth-order valence-corrected chi connectivity index (χ4v) is 2.94. The number of hydrogen-bond donors (Lipinski definition) is 1. The van der Waals surface area contributed by atoms with E-state index in [4.69, 9.17) is 21.6 Å². The van der Waals surface area contributed by atoms with Crippen LogP contribution in [-0.2, 0) is 12.8 Å². The van der Waals surface area contributed by atoms with Gasteiger partial charge < -0.3 is 5.32 Å². The van der Waals surface area contributed by atoms with Crippen LogP contribution >= 0.6 is 11.6 Å². The number of aromatic nitrogens is 2. The Morgan fingerprint density at radius 3 is 2.57 bits per heavy atom. The highest BCUT2D eigenvalue weighted by molar-refractivity contribution is 6.30. The van der Waals surface area contributed by atoms with E-state index in [9.17, 15) is 0 Å². The van der Waals surface area contributed by atoms with Gasteiger partial charge in [0.15, 0.2) is 5.82 Å². The molecule has 3 nitrogen and oxygen atoms in total. The van der Waals surface area contributed by atoms with Gasteiger partial charge in [-0.3, -0.25) is 0 Å². The van der Waals surface area contributed by atoms with E-state index >= 15 is 0 Å². The first-order chi connectivity index (χ1) is 10.3. The first kappa shape index (κ1) is 14.3. The van der Waals surface area contributed by atoms with Crippen LogP contribution in [0.15, 0.2) is 24.3 Å². The summed E-state index contributed by atoms with van der Waals surface area (Å²) in [5, 5.41) is 4.14. The molecule has 0 atom stereocenters. The fourth-order valence-electron chi connectivity index (χ4n) is 2.81. The molecular weight excluding hydrogens is 282 g/mol. The summed E-state index contributed by atoms with van der Waals surface area (Å²) in [6.07, 6.45) is 5.86. The van der Waals surface area contributed by atoms with Crippen LogP contribution in [0, 0.1) is 0 Å². The Bertz CT molecular complexity index is 623. The van der Waals surface area contributed by atoms with Gasteiger partial charge in [0.2, 0.25) is 0 Å². The molecule has 3 rings (SSSR count). The van der Waals surface area contributed by atoms with Gasteiger partial charge in [0.25, 0.3) is 0 Å². The number of aryl methyl sites for hydroxylation is 1. The minimum Gasteiger partial charge on any atom is -0.370 e. The molecule has 1 aromatic heterocycles. The third-order valence-electron chi connectivity index (χ3n) is 3.88. The molecule has 0 aliphatic heterocycles. The molecule has 0 saturated heterocycles. The lowest BCUT2D eigenvalue weighted by Crippen LogP contribution is -2.09. The summed E-state index contributed by atoms with van der Waals surface area (Å²) in [5.41, 5.74) is 3.54. The van der Waals surface area contributed by atoms with Crippen molar-refractivity contribution in [2.75, 3.05) is 11.9 Å². The Morgan fingerprint density at radius 1 is 1.05 bits per heavy atom. The summed E-state index contributed by atoms with van der Waals surface area (Å²) >= 11 is 5.96. The van der Waals surface area contributed by atoms with E-state index in [1.807, 2.05) is 24.3 Å². The lowest BCUT2D eigenvalue weighted by Gasteiger charge is -2.14. The van der Waals surface area contributed by atoms with Crippen LogP contribution in [-0.4, -0.2) is 16.5 Å². The monoisotopic (exact) mass is 301 g/mol. The molecule has 1 aromatic carbocycles. The average molecular weight is 302 g/mol. The van der Waals surface area contributed by atoms with Gasteiger partial charge in [0, 0.05) is 28.4 Å².